The summed E-state index contributed by atoms with van der Waals surface area (Å²) in [5.74, 6) is 0.900. The Morgan fingerprint density at radius 2 is 2.12 bits per heavy atom. The van der Waals surface area contributed by atoms with Gasteiger partial charge in [-0.05, 0) is 39.3 Å². The third-order valence-electron chi connectivity index (χ3n) is 3.59. The van der Waals surface area contributed by atoms with Gasteiger partial charge in [0.2, 0.25) is 0 Å². The van der Waals surface area contributed by atoms with Crippen LogP contribution in [0.2, 0.25) is 0 Å². The van der Waals surface area contributed by atoms with Crippen LogP contribution in [-0.4, -0.2) is 29.9 Å². The first-order valence-corrected chi connectivity index (χ1v) is 6.25. The number of aliphatic hydroxyl groups excluding tert-OH is 1. The Balaban J connectivity index is 2.34. The molecule has 94 valence electrons. The predicted octanol–water partition coefficient (Wildman–Crippen LogP) is 2.43. The molecule has 0 aliphatic carbocycles. The fourth-order valence-corrected chi connectivity index (χ4v) is 2.46. The Bertz CT molecular complexity index is 390. The highest BCUT2D eigenvalue weighted by atomic mass is 16.5. The van der Waals surface area contributed by atoms with Crippen LogP contribution < -0.4 is 9.64 Å². The van der Waals surface area contributed by atoms with E-state index in [0.29, 0.717) is 6.61 Å². The molecule has 0 spiro atoms. The maximum atomic E-state index is 10.0. The highest BCUT2D eigenvalue weighted by Crippen LogP contribution is 2.38. The third-order valence-corrected chi connectivity index (χ3v) is 3.59. The minimum Gasteiger partial charge on any atom is -0.492 e. The normalized spacial score (nSPS) is 22.8. The minimum absolute atomic E-state index is 0.229. The topological polar surface area (TPSA) is 32.7 Å². The zero-order valence-corrected chi connectivity index (χ0v) is 10.8. The van der Waals surface area contributed by atoms with Gasteiger partial charge >= 0.3 is 0 Å². The number of aliphatic hydroxyl groups is 1. The standard InChI is InChI=1S/C14H21NO2/c1-4-17-12-8-6-5-7-11(12)15-10-9-13(16)14(15,2)3/h5-8,13,16H,4,9-10H2,1-3H3. The van der Waals surface area contributed by atoms with E-state index in [1.807, 2.05) is 25.1 Å². The van der Waals surface area contributed by atoms with Crippen molar-refractivity contribution >= 4 is 5.69 Å². The van der Waals surface area contributed by atoms with Gasteiger partial charge in [0, 0.05) is 6.54 Å². The lowest BCUT2D eigenvalue weighted by atomic mass is 9.98. The van der Waals surface area contributed by atoms with E-state index in [0.717, 1.165) is 24.4 Å². The number of hydrogen-bond acceptors (Lipinski definition) is 3. The maximum Gasteiger partial charge on any atom is 0.142 e. The van der Waals surface area contributed by atoms with Crippen LogP contribution in [-0.2, 0) is 0 Å². The second kappa shape index (κ2) is 4.57. The molecule has 1 atom stereocenters. The molecule has 1 aliphatic rings. The summed E-state index contributed by atoms with van der Waals surface area (Å²) in [5.41, 5.74) is 0.851. The van der Waals surface area contributed by atoms with Crippen molar-refractivity contribution in [2.24, 2.45) is 0 Å². The summed E-state index contributed by atoms with van der Waals surface area (Å²) in [6, 6.07) is 8.04. The predicted molar refractivity (Wildman–Crippen MR) is 69.7 cm³/mol. The van der Waals surface area contributed by atoms with Crippen molar-refractivity contribution in [1.29, 1.82) is 0 Å². The highest BCUT2D eigenvalue weighted by molar-refractivity contribution is 5.61. The van der Waals surface area contributed by atoms with Crippen molar-refractivity contribution in [3.63, 3.8) is 0 Å². The lowest BCUT2D eigenvalue weighted by molar-refractivity contribution is 0.127. The summed E-state index contributed by atoms with van der Waals surface area (Å²) in [6.45, 7) is 7.67. The van der Waals surface area contributed by atoms with Crippen LogP contribution in [0.5, 0.6) is 5.75 Å². The molecule has 2 rings (SSSR count). The van der Waals surface area contributed by atoms with Gasteiger partial charge in [-0.25, -0.2) is 0 Å². The molecule has 1 N–H and O–H groups in total. The van der Waals surface area contributed by atoms with Crippen LogP contribution in [0.15, 0.2) is 24.3 Å². The lowest BCUT2D eigenvalue weighted by Crippen LogP contribution is -2.45. The van der Waals surface area contributed by atoms with E-state index in [9.17, 15) is 5.11 Å². The van der Waals surface area contributed by atoms with E-state index < -0.39 is 0 Å². The van der Waals surface area contributed by atoms with Crippen molar-refractivity contribution in [3.05, 3.63) is 24.3 Å². The summed E-state index contributed by atoms with van der Waals surface area (Å²) in [7, 11) is 0. The van der Waals surface area contributed by atoms with E-state index in [4.69, 9.17) is 4.74 Å². The van der Waals surface area contributed by atoms with E-state index in [2.05, 4.69) is 24.8 Å². The number of rotatable bonds is 3. The number of hydrogen-bond donors (Lipinski definition) is 1. The van der Waals surface area contributed by atoms with Crippen molar-refractivity contribution < 1.29 is 9.84 Å². The third kappa shape index (κ3) is 2.12. The molecule has 1 saturated heterocycles. The van der Waals surface area contributed by atoms with Crippen molar-refractivity contribution in [1.82, 2.24) is 0 Å². The average molecular weight is 235 g/mol. The van der Waals surface area contributed by atoms with E-state index in [1.54, 1.807) is 0 Å². The monoisotopic (exact) mass is 235 g/mol. The van der Waals surface area contributed by atoms with E-state index >= 15 is 0 Å². The molecule has 3 nitrogen and oxygen atoms in total. The zero-order valence-electron chi connectivity index (χ0n) is 10.8. The Hall–Kier alpha value is -1.22. The van der Waals surface area contributed by atoms with Crippen LogP contribution in [0, 0.1) is 0 Å². The largest absolute Gasteiger partial charge is 0.492 e. The van der Waals surface area contributed by atoms with Gasteiger partial charge in [-0.2, -0.15) is 0 Å². The second-order valence-corrected chi connectivity index (χ2v) is 5.01. The second-order valence-electron chi connectivity index (χ2n) is 5.01. The molecule has 1 aromatic rings. The van der Waals surface area contributed by atoms with Gasteiger partial charge in [0.15, 0.2) is 0 Å². The van der Waals surface area contributed by atoms with Crippen LogP contribution in [0.25, 0.3) is 0 Å². The molecule has 17 heavy (non-hydrogen) atoms. The van der Waals surface area contributed by atoms with Crippen LogP contribution in [0.4, 0.5) is 5.69 Å². The van der Waals surface area contributed by atoms with E-state index in [-0.39, 0.29) is 11.6 Å². The zero-order chi connectivity index (χ0) is 12.5. The first-order valence-electron chi connectivity index (χ1n) is 6.25. The average Bonchev–Trinajstić information content (AvgIpc) is 2.56. The van der Waals surface area contributed by atoms with Crippen LogP contribution >= 0.6 is 0 Å². The van der Waals surface area contributed by atoms with Gasteiger partial charge in [-0.15, -0.1) is 0 Å². The van der Waals surface area contributed by atoms with Gasteiger partial charge < -0.3 is 14.7 Å². The first kappa shape index (κ1) is 12.2. The molecule has 1 unspecified atom stereocenters. The molecular weight excluding hydrogens is 214 g/mol. The summed E-state index contributed by atoms with van der Waals surface area (Å²) in [6.07, 6.45) is 0.533. The molecule has 3 heteroatoms. The van der Waals surface area contributed by atoms with Gasteiger partial charge in [0.1, 0.15) is 5.75 Å². The molecule has 0 aromatic heterocycles. The first-order chi connectivity index (χ1) is 8.07. The number of anilines is 1. The molecule has 0 bridgehead atoms. The fraction of sp³-hybridized carbons (Fsp3) is 0.571. The molecule has 0 amide bonds. The minimum atomic E-state index is -0.280. The van der Waals surface area contributed by atoms with Gasteiger partial charge in [0.05, 0.1) is 23.9 Å². The Kier molecular flexibility index (Phi) is 3.29. The fourth-order valence-electron chi connectivity index (χ4n) is 2.46. The van der Waals surface area contributed by atoms with Gasteiger partial charge in [-0.3, -0.25) is 0 Å². The molecule has 0 saturated carbocycles. The quantitative estimate of drug-likeness (QED) is 0.873. The molecule has 0 radical (unpaired) electrons. The molecule has 1 fully saturated rings. The lowest BCUT2D eigenvalue weighted by Gasteiger charge is -2.36. The highest BCUT2D eigenvalue weighted by Gasteiger charge is 2.41. The van der Waals surface area contributed by atoms with Gasteiger partial charge in [-0.1, -0.05) is 12.1 Å². The van der Waals surface area contributed by atoms with Crippen LogP contribution in [0.1, 0.15) is 27.2 Å². The maximum absolute atomic E-state index is 10.0. The van der Waals surface area contributed by atoms with Crippen LogP contribution in [0.3, 0.4) is 0 Å². The molecule has 1 aliphatic heterocycles. The summed E-state index contributed by atoms with van der Waals surface area (Å²) in [4.78, 5) is 2.24. The molecule has 1 heterocycles. The molecule has 1 aromatic carbocycles. The summed E-state index contributed by atoms with van der Waals surface area (Å²) < 4.78 is 5.65. The number of benzene rings is 1. The number of para-hydroxylation sites is 2. The van der Waals surface area contributed by atoms with Crippen molar-refractivity contribution in [3.8, 4) is 5.75 Å². The molecular formula is C14H21NO2. The smallest absolute Gasteiger partial charge is 0.142 e. The van der Waals surface area contributed by atoms with E-state index in [1.165, 1.54) is 0 Å². The Labute approximate surface area is 103 Å². The number of nitrogens with zero attached hydrogens (tertiary/aromatic N) is 1. The summed E-state index contributed by atoms with van der Waals surface area (Å²) in [5, 5.41) is 10.0. The Morgan fingerprint density at radius 1 is 1.41 bits per heavy atom. The summed E-state index contributed by atoms with van der Waals surface area (Å²) >= 11 is 0. The van der Waals surface area contributed by atoms with Crippen molar-refractivity contribution in [2.75, 3.05) is 18.1 Å². The van der Waals surface area contributed by atoms with Gasteiger partial charge in [0.25, 0.3) is 0 Å². The Morgan fingerprint density at radius 3 is 2.71 bits per heavy atom. The number of ether oxygens (including phenoxy) is 1. The SMILES string of the molecule is CCOc1ccccc1N1CCC(O)C1(C)C. The van der Waals surface area contributed by atoms with Crippen molar-refractivity contribution in [2.45, 2.75) is 38.8 Å².